The number of benzene rings is 1. The van der Waals surface area contributed by atoms with Gasteiger partial charge in [-0.05, 0) is 36.5 Å². The van der Waals surface area contributed by atoms with E-state index >= 15 is 0 Å². The second-order valence-electron chi connectivity index (χ2n) is 6.58. The van der Waals surface area contributed by atoms with Crippen molar-refractivity contribution in [1.29, 1.82) is 0 Å². The van der Waals surface area contributed by atoms with Gasteiger partial charge in [0.15, 0.2) is 0 Å². The van der Waals surface area contributed by atoms with Crippen molar-refractivity contribution in [1.82, 2.24) is 4.31 Å². The van der Waals surface area contributed by atoms with Gasteiger partial charge in [-0.3, -0.25) is 9.79 Å². The van der Waals surface area contributed by atoms with Crippen molar-refractivity contribution in [2.45, 2.75) is 38.0 Å². The van der Waals surface area contributed by atoms with Crippen LogP contribution in [0.1, 0.15) is 53.9 Å². The third kappa shape index (κ3) is 5.37. The molecule has 1 fully saturated rings. The second-order valence-corrected chi connectivity index (χ2v) is 12.0. The molecule has 2 rings (SSSR count). The molecule has 0 aromatic heterocycles. The molecule has 1 aromatic rings. The number of carbonyl (C=O) groups is 1. The van der Waals surface area contributed by atoms with Crippen LogP contribution >= 0.6 is 12.4 Å². The van der Waals surface area contributed by atoms with Crippen molar-refractivity contribution in [2.24, 2.45) is 10.7 Å². The van der Waals surface area contributed by atoms with E-state index in [0.29, 0.717) is 5.92 Å². The van der Waals surface area contributed by atoms with Crippen molar-refractivity contribution in [3.05, 3.63) is 48.0 Å². The van der Waals surface area contributed by atoms with Gasteiger partial charge in [0.25, 0.3) is 14.8 Å². The molecule has 1 aliphatic rings. The molecule has 0 unspecified atom stereocenters. The first kappa shape index (κ1) is 25.1. The Kier molecular flexibility index (Phi) is 8.85. The van der Waals surface area contributed by atoms with Gasteiger partial charge >= 0.3 is 9.06 Å². The summed E-state index contributed by atoms with van der Waals surface area (Å²) in [5.41, 5.74) is 6.64. The molecular formula is C18H26ClN3O5S2. The maximum atomic E-state index is 12.8. The van der Waals surface area contributed by atoms with Gasteiger partial charge in [-0.15, -0.1) is 19.0 Å². The summed E-state index contributed by atoms with van der Waals surface area (Å²) in [6.45, 7) is 3.23. The summed E-state index contributed by atoms with van der Waals surface area (Å²) in [5.74, 6) is -2.25. The summed E-state index contributed by atoms with van der Waals surface area (Å²) < 4.78 is 49.5. The summed E-state index contributed by atoms with van der Waals surface area (Å²) in [7, 11) is -8.70. The van der Waals surface area contributed by atoms with E-state index in [4.69, 9.17) is 5.73 Å². The molecular weight excluding hydrogens is 438 g/mol. The zero-order valence-electron chi connectivity index (χ0n) is 16.2. The monoisotopic (exact) mass is 463 g/mol. The minimum absolute atomic E-state index is 0. The van der Waals surface area contributed by atoms with Crippen molar-refractivity contribution in [3.8, 4) is 0 Å². The van der Waals surface area contributed by atoms with Gasteiger partial charge in [-0.2, -0.15) is 12.7 Å². The zero-order valence-corrected chi connectivity index (χ0v) is 18.6. The van der Waals surface area contributed by atoms with Crippen molar-refractivity contribution in [2.75, 3.05) is 12.8 Å². The highest BCUT2D eigenvalue weighted by atomic mass is 35.5. The Morgan fingerprint density at radius 3 is 2.21 bits per heavy atom. The normalized spacial score (nSPS) is 16.0. The number of aliphatic imine (C=N–C) groups is 1. The Hall–Kier alpha value is -1.91. The summed E-state index contributed by atoms with van der Waals surface area (Å²) >= 11 is 0. The Balaban J connectivity index is 0.00000420. The molecule has 0 heterocycles. The Labute approximate surface area is 177 Å². The van der Waals surface area contributed by atoms with Crippen LogP contribution in [0.5, 0.6) is 0 Å². The summed E-state index contributed by atoms with van der Waals surface area (Å²) in [5, 5.41) is 0. The van der Waals surface area contributed by atoms with Gasteiger partial charge < -0.3 is 5.73 Å². The van der Waals surface area contributed by atoms with Crippen molar-refractivity contribution < 1.29 is 21.6 Å². The molecule has 2 N–H and O–H groups in total. The van der Waals surface area contributed by atoms with Crippen molar-refractivity contribution in [3.63, 3.8) is 0 Å². The van der Waals surface area contributed by atoms with E-state index < -0.39 is 35.5 Å². The number of nitrogens with zero attached hydrogens (tertiary/aromatic N) is 2. The lowest BCUT2D eigenvalue weighted by atomic mass is 9.84. The molecule has 0 aliphatic heterocycles. The van der Waals surface area contributed by atoms with Crippen LogP contribution in [0.15, 0.2) is 41.9 Å². The first-order valence-corrected chi connectivity index (χ1v) is 12.5. The smallest absolute Gasteiger partial charge is 0.351 e. The lowest BCUT2D eigenvalue weighted by Crippen LogP contribution is -2.48. The Bertz CT molecular complexity index is 967. The van der Waals surface area contributed by atoms with Gasteiger partial charge in [-0.25, -0.2) is 8.42 Å². The van der Waals surface area contributed by atoms with Gasteiger partial charge in [0.05, 0.1) is 5.75 Å². The van der Waals surface area contributed by atoms with E-state index in [0.717, 1.165) is 44.4 Å². The predicted octanol–water partition coefficient (Wildman–Crippen LogP) is 2.39. The van der Waals surface area contributed by atoms with E-state index in [1.54, 1.807) is 12.1 Å². The zero-order chi connectivity index (χ0) is 20.9. The number of guanidine groups is 1. The summed E-state index contributed by atoms with van der Waals surface area (Å²) in [6, 6.07) is 6.51. The molecule has 162 valence electrons. The predicted molar refractivity (Wildman–Crippen MR) is 116 cm³/mol. The third-order valence-electron chi connectivity index (χ3n) is 4.72. The molecule has 0 saturated heterocycles. The van der Waals surface area contributed by atoms with Crippen LogP contribution in [0.4, 0.5) is 0 Å². The maximum Gasteiger partial charge on any atom is 0.351 e. The summed E-state index contributed by atoms with van der Waals surface area (Å²) in [4.78, 5) is 16.3. The first-order chi connectivity index (χ1) is 13.2. The van der Waals surface area contributed by atoms with Gasteiger partial charge in [0.2, 0.25) is 5.96 Å². The van der Waals surface area contributed by atoms with Crippen LogP contribution in [0.3, 0.4) is 0 Å². The molecule has 8 nitrogen and oxygen atoms in total. The fourth-order valence-corrected chi connectivity index (χ4v) is 6.43. The number of rotatable bonds is 6. The minimum Gasteiger partial charge on any atom is -0.369 e. The molecule has 29 heavy (non-hydrogen) atoms. The topological polar surface area (TPSA) is 127 Å². The number of amides is 1. The van der Waals surface area contributed by atoms with Crippen LogP contribution in [0, 0.1) is 0 Å². The van der Waals surface area contributed by atoms with Gasteiger partial charge in [0, 0.05) is 12.6 Å². The number of carbonyl (C=O) groups excluding carboxylic acids is 1. The number of hydrogen-bond acceptors (Lipinski definition) is 6. The lowest BCUT2D eigenvalue weighted by molar-refractivity contribution is 0.0913. The van der Waals surface area contributed by atoms with E-state index in [1.807, 2.05) is 0 Å². The molecule has 0 bridgehead atoms. The minimum atomic E-state index is -5.12. The molecule has 0 atom stereocenters. The average Bonchev–Trinajstić information content (AvgIpc) is 2.68. The quantitative estimate of drug-likeness (QED) is 0.298. The molecule has 1 aromatic carbocycles. The summed E-state index contributed by atoms with van der Waals surface area (Å²) in [6.07, 6.45) is 6.60. The number of nitrogens with two attached hydrogens (primary N) is 1. The van der Waals surface area contributed by atoms with Gasteiger partial charge in [0.1, 0.15) is 0 Å². The Morgan fingerprint density at radius 2 is 1.72 bits per heavy atom. The fraction of sp³-hybridized carbons (Fsp3) is 0.444. The van der Waals surface area contributed by atoms with Crippen LogP contribution in [0.2, 0.25) is 0 Å². The Morgan fingerprint density at radius 1 is 1.17 bits per heavy atom. The number of halogens is 1. The fourth-order valence-electron chi connectivity index (χ4n) is 3.21. The SMILES string of the molecule is C=CCS(=O)(=O)S(=O)(=O)N(C(=O)c1ccc(C2CCCCC2)cc1)C(N)=NC.Cl. The molecule has 1 amide bonds. The second kappa shape index (κ2) is 10.2. The molecule has 0 radical (unpaired) electrons. The highest BCUT2D eigenvalue weighted by Crippen LogP contribution is 2.32. The van der Waals surface area contributed by atoms with E-state index in [9.17, 15) is 21.6 Å². The van der Waals surface area contributed by atoms with Crippen molar-refractivity contribution >= 4 is 42.2 Å². The molecule has 1 aliphatic carbocycles. The standard InChI is InChI=1S/C18H25N3O5S2.ClH/c1-3-13-27(23,24)28(25,26)21(18(19)20-2)17(22)16-11-9-15(10-12-16)14-7-5-4-6-8-14;/h3,9-12,14H,1,4-8,13H2,2H3,(H2,19,20);1H. The third-order valence-corrected chi connectivity index (χ3v) is 9.59. The van der Waals surface area contributed by atoms with E-state index in [-0.39, 0.29) is 22.3 Å². The largest absolute Gasteiger partial charge is 0.369 e. The highest BCUT2D eigenvalue weighted by Gasteiger charge is 2.41. The maximum absolute atomic E-state index is 12.8. The first-order valence-electron chi connectivity index (χ1n) is 8.91. The lowest BCUT2D eigenvalue weighted by Gasteiger charge is -2.23. The van der Waals surface area contributed by atoms with Crippen LogP contribution in [-0.4, -0.2) is 45.8 Å². The van der Waals surface area contributed by atoms with E-state index in [2.05, 4.69) is 11.6 Å². The molecule has 0 spiro atoms. The highest BCUT2D eigenvalue weighted by molar-refractivity contribution is 8.66. The van der Waals surface area contributed by atoms with E-state index in [1.165, 1.54) is 18.6 Å². The molecule has 1 saturated carbocycles. The number of hydrogen-bond donors (Lipinski definition) is 1. The van der Waals surface area contributed by atoms with Crippen LogP contribution in [-0.2, 0) is 17.9 Å². The van der Waals surface area contributed by atoms with Crippen LogP contribution < -0.4 is 5.73 Å². The average molecular weight is 464 g/mol. The van der Waals surface area contributed by atoms with Crippen LogP contribution in [0.25, 0.3) is 0 Å². The van der Waals surface area contributed by atoms with Gasteiger partial charge in [-0.1, -0.05) is 37.5 Å². The molecule has 11 heteroatoms.